The number of para-hydroxylation sites is 3. The van der Waals surface area contributed by atoms with Crippen LogP contribution in [0.15, 0.2) is 99.8 Å². The maximum Gasteiger partial charge on any atom is 0.137 e. The third kappa shape index (κ3) is 1.77. The zero-order valence-electron chi connectivity index (χ0n) is 17.4. The Kier molecular flexibility index (Phi) is 2.59. The molecule has 152 valence electrons. The van der Waals surface area contributed by atoms with Crippen molar-refractivity contribution in [3.8, 4) is 0 Å². The minimum atomic E-state index is 0.919. The minimum Gasteiger partial charge on any atom is -0.456 e. The molecular weight excluding hydrogens is 406 g/mol. The van der Waals surface area contributed by atoms with Crippen molar-refractivity contribution in [3.63, 3.8) is 0 Å². The zero-order chi connectivity index (χ0) is 21.3. The van der Waals surface area contributed by atoms with Gasteiger partial charge in [0.1, 0.15) is 22.3 Å². The maximum atomic E-state index is 6.37. The van der Waals surface area contributed by atoms with Crippen molar-refractivity contribution < 1.29 is 8.83 Å². The molecule has 3 heteroatoms. The third-order valence-corrected chi connectivity index (χ3v) is 7.30. The molecule has 0 amide bonds. The smallest absolute Gasteiger partial charge is 0.137 e. The number of aromatic nitrogens is 1. The Hall–Kier alpha value is -4.50. The first-order chi connectivity index (χ1) is 16.4. The van der Waals surface area contributed by atoms with Crippen molar-refractivity contribution in [2.45, 2.75) is 0 Å². The highest BCUT2D eigenvalue weighted by molar-refractivity contribution is 6.35. The van der Waals surface area contributed by atoms with Gasteiger partial charge in [0.25, 0.3) is 0 Å². The molecule has 0 fully saturated rings. The van der Waals surface area contributed by atoms with E-state index in [4.69, 9.17) is 8.83 Å². The van der Waals surface area contributed by atoms with Gasteiger partial charge in [-0.05, 0) is 30.3 Å². The largest absolute Gasteiger partial charge is 0.456 e. The summed E-state index contributed by atoms with van der Waals surface area (Å²) in [7, 11) is 0. The number of benzene rings is 5. The lowest BCUT2D eigenvalue weighted by Crippen LogP contribution is -1.79. The lowest BCUT2D eigenvalue weighted by Gasteiger charge is -1.99. The Morgan fingerprint density at radius 1 is 0.424 bits per heavy atom. The van der Waals surface area contributed by atoms with Gasteiger partial charge in [0.15, 0.2) is 0 Å². The minimum absolute atomic E-state index is 0.919. The third-order valence-electron chi connectivity index (χ3n) is 7.30. The van der Waals surface area contributed by atoms with Crippen LogP contribution in [0.1, 0.15) is 0 Å². The molecule has 0 aliphatic carbocycles. The number of rotatable bonds is 0. The van der Waals surface area contributed by atoms with Gasteiger partial charge in [-0.2, -0.15) is 0 Å². The summed E-state index contributed by atoms with van der Waals surface area (Å²) in [5.74, 6) is 0. The standard InChI is InChI=1S/C30H15NO2/c1-4-10-22-16(7-1)20-14-27-28(18-9-3-6-12-25(18)33-27)29-21-13-19-17-8-2-5-11-24(17)32-26(19)15-23(21)31(22)30(20)29/h1-15H. The van der Waals surface area contributed by atoms with E-state index in [2.05, 4.69) is 77.2 Å². The van der Waals surface area contributed by atoms with Gasteiger partial charge in [0.05, 0.1) is 16.6 Å². The second-order valence-corrected chi connectivity index (χ2v) is 8.94. The molecule has 4 aromatic heterocycles. The predicted molar refractivity (Wildman–Crippen MR) is 136 cm³/mol. The number of furan rings is 2. The molecule has 3 nitrogen and oxygen atoms in total. The topological polar surface area (TPSA) is 30.7 Å². The molecule has 0 N–H and O–H groups in total. The Balaban J connectivity index is 1.68. The number of fused-ring (bicyclic) bond motifs is 13. The van der Waals surface area contributed by atoms with E-state index < -0.39 is 0 Å². The van der Waals surface area contributed by atoms with E-state index in [1.54, 1.807) is 0 Å². The average molecular weight is 421 g/mol. The van der Waals surface area contributed by atoms with Crippen LogP contribution in [0.25, 0.3) is 82.0 Å². The quantitative estimate of drug-likeness (QED) is 0.245. The molecule has 0 atom stereocenters. The van der Waals surface area contributed by atoms with Crippen LogP contribution in [0.2, 0.25) is 0 Å². The molecule has 0 spiro atoms. The highest BCUT2D eigenvalue weighted by Gasteiger charge is 2.23. The molecule has 0 aliphatic heterocycles. The predicted octanol–water partition coefficient (Wildman–Crippen LogP) is 8.64. The van der Waals surface area contributed by atoms with Crippen molar-refractivity contribution in [1.29, 1.82) is 0 Å². The van der Waals surface area contributed by atoms with Gasteiger partial charge in [0.2, 0.25) is 0 Å². The lowest BCUT2D eigenvalue weighted by atomic mass is 10.0. The van der Waals surface area contributed by atoms with E-state index in [1.807, 2.05) is 18.2 Å². The normalized spacial score (nSPS) is 12.8. The molecule has 0 saturated carbocycles. The van der Waals surface area contributed by atoms with Gasteiger partial charge in [-0.3, -0.25) is 0 Å². The van der Waals surface area contributed by atoms with E-state index in [-0.39, 0.29) is 0 Å². The number of hydrogen-bond donors (Lipinski definition) is 0. The fraction of sp³-hybridized carbons (Fsp3) is 0. The van der Waals surface area contributed by atoms with Crippen molar-refractivity contribution in [2.24, 2.45) is 0 Å². The highest BCUT2D eigenvalue weighted by Crippen LogP contribution is 2.47. The van der Waals surface area contributed by atoms with Gasteiger partial charge >= 0.3 is 0 Å². The van der Waals surface area contributed by atoms with Gasteiger partial charge in [0, 0.05) is 49.2 Å². The molecule has 9 rings (SSSR count). The Morgan fingerprint density at radius 3 is 2.00 bits per heavy atom. The van der Waals surface area contributed by atoms with Crippen LogP contribution in [-0.4, -0.2) is 4.40 Å². The SMILES string of the molecule is c1ccc2c(c1)oc1cc3c(cc12)c1c2c(cc4c5ccccc5n3c41)oc1ccccc12. The van der Waals surface area contributed by atoms with Crippen molar-refractivity contribution in [3.05, 3.63) is 91.0 Å². The van der Waals surface area contributed by atoms with Gasteiger partial charge in [-0.1, -0.05) is 54.6 Å². The zero-order valence-corrected chi connectivity index (χ0v) is 17.4. The monoisotopic (exact) mass is 421 g/mol. The van der Waals surface area contributed by atoms with E-state index in [9.17, 15) is 0 Å². The summed E-state index contributed by atoms with van der Waals surface area (Å²) >= 11 is 0. The number of nitrogens with zero attached hydrogens (tertiary/aromatic N) is 1. The fourth-order valence-electron chi connectivity index (χ4n) is 5.99. The first kappa shape index (κ1) is 16.2. The summed E-state index contributed by atoms with van der Waals surface area (Å²) in [5.41, 5.74) is 7.33. The van der Waals surface area contributed by atoms with E-state index >= 15 is 0 Å². The van der Waals surface area contributed by atoms with Crippen molar-refractivity contribution in [1.82, 2.24) is 4.40 Å². The summed E-state index contributed by atoms with van der Waals surface area (Å²) in [5, 5.41) is 9.60. The Labute approximate surface area is 186 Å². The molecule has 0 bridgehead atoms. The summed E-state index contributed by atoms with van der Waals surface area (Å²) in [6, 6.07) is 32.0. The Morgan fingerprint density at radius 2 is 1.12 bits per heavy atom. The molecule has 0 unspecified atom stereocenters. The van der Waals surface area contributed by atoms with Crippen LogP contribution in [0.5, 0.6) is 0 Å². The van der Waals surface area contributed by atoms with Crippen molar-refractivity contribution in [2.75, 3.05) is 0 Å². The van der Waals surface area contributed by atoms with E-state index in [0.717, 1.165) is 38.5 Å². The summed E-state index contributed by atoms with van der Waals surface area (Å²) in [6.45, 7) is 0. The Bertz CT molecular complexity index is 2240. The van der Waals surface area contributed by atoms with Crippen LogP contribution in [-0.2, 0) is 0 Å². The van der Waals surface area contributed by atoms with Gasteiger partial charge < -0.3 is 13.2 Å². The van der Waals surface area contributed by atoms with Crippen LogP contribution in [0.4, 0.5) is 0 Å². The summed E-state index contributed by atoms with van der Waals surface area (Å²) < 4.78 is 15.1. The van der Waals surface area contributed by atoms with Crippen LogP contribution >= 0.6 is 0 Å². The molecule has 4 heterocycles. The summed E-state index contributed by atoms with van der Waals surface area (Å²) in [4.78, 5) is 0. The van der Waals surface area contributed by atoms with Crippen molar-refractivity contribution >= 4 is 82.0 Å². The van der Waals surface area contributed by atoms with Crippen LogP contribution in [0, 0.1) is 0 Å². The molecule has 0 radical (unpaired) electrons. The first-order valence-electron chi connectivity index (χ1n) is 11.2. The first-order valence-corrected chi connectivity index (χ1v) is 11.2. The maximum absolute atomic E-state index is 6.37. The molecule has 33 heavy (non-hydrogen) atoms. The van der Waals surface area contributed by atoms with E-state index in [0.29, 0.717) is 0 Å². The van der Waals surface area contributed by atoms with Crippen LogP contribution in [0.3, 0.4) is 0 Å². The molecular formula is C30H15NO2. The molecule has 0 aliphatic rings. The summed E-state index contributed by atoms with van der Waals surface area (Å²) in [6.07, 6.45) is 0. The number of hydrogen-bond acceptors (Lipinski definition) is 2. The molecule has 9 aromatic rings. The highest BCUT2D eigenvalue weighted by atomic mass is 16.3. The van der Waals surface area contributed by atoms with E-state index in [1.165, 1.54) is 43.5 Å². The average Bonchev–Trinajstić information content (AvgIpc) is 3.58. The fourth-order valence-corrected chi connectivity index (χ4v) is 5.99. The van der Waals surface area contributed by atoms with Gasteiger partial charge in [-0.25, -0.2) is 0 Å². The lowest BCUT2D eigenvalue weighted by molar-refractivity contribution is 0.669. The second-order valence-electron chi connectivity index (χ2n) is 8.94. The molecule has 5 aromatic carbocycles. The molecule has 0 saturated heterocycles. The van der Waals surface area contributed by atoms with Crippen LogP contribution < -0.4 is 0 Å². The van der Waals surface area contributed by atoms with Gasteiger partial charge in [-0.15, -0.1) is 0 Å². The second kappa shape index (κ2) is 5.28.